The summed E-state index contributed by atoms with van der Waals surface area (Å²) in [6, 6.07) is 7.61. The number of epoxide rings is 1. The van der Waals surface area contributed by atoms with Crippen LogP contribution in [-0.4, -0.2) is 11.7 Å². The van der Waals surface area contributed by atoms with Crippen LogP contribution in [0.3, 0.4) is 0 Å². The monoisotopic (exact) mass is 201 g/mol. The van der Waals surface area contributed by atoms with Gasteiger partial charge in [-0.3, -0.25) is 0 Å². The van der Waals surface area contributed by atoms with Gasteiger partial charge in [0.15, 0.2) is 0 Å². The summed E-state index contributed by atoms with van der Waals surface area (Å²) < 4.78 is 11.4. The molecule has 0 aliphatic carbocycles. The number of rotatable bonds is 0. The molecule has 3 rings (SSSR count). The second kappa shape index (κ2) is 2.53. The first-order valence-electron chi connectivity index (χ1n) is 5.00. The van der Waals surface area contributed by atoms with Crippen molar-refractivity contribution in [2.75, 3.05) is 0 Å². The predicted molar refractivity (Wildman–Crippen MR) is 53.5 cm³/mol. The molecule has 2 aliphatic rings. The van der Waals surface area contributed by atoms with Crippen molar-refractivity contribution in [3.63, 3.8) is 0 Å². The van der Waals surface area contributed by atoms with E-state index in [1.165, 1.54) is 0 Å². The van der Waals surface area contributed by atoms with E-state index < -0.39 is 0 Å². The van der Waals surface area contributed by atoms with E-state index in [2.05, 4.69) is 6.07 Å². The molecule has 0 amide bonds. The van der Waals surface area contributed by atoms with E-state index in [1.54, 1.807) is 6.07 Å². The van der Waals surface area contributed by atoms with Crippen molar-refractivity contribution in [3.8, 4) is 11.8 Å². The molecule has 2 heterocycles. The summed E-state index contributed by atoms with van der Waals surface area (Å²) in [6.07, 6.45) is 0.260. The molecule has 2 atom stereocenters. The molecule has 76 valence electrons. The highest BCUT2D eigenvalue weighted by molar-refractivity contribution is 5.47. The maximum atomic E-state index is 8.81. The number of hydrogen-bond acceptors (Lipinski definition) is 3. The van der Waals surface area contributed by atoms with Crippen LogP contribution in [0.15, 0.2) is 18.2 Å². The fraction of sp³-hybridized carbons (Fsp3) is 0.417. The standard InChI is InChI=1S/C12H11NO2/c1-12(2)11-10(14-11)8-5-7(6-13)3-4-9(8)15-12/h3-5,10-11H,1-2H3/t10-,11+/m0/s1. The van der Waals surface area contributed by atoms with E-state index in [-0.39, 0.29) is 17.8 Å². The molecule has 0 aromatic heterocycles. The lowest BCUT2D eigenvalue weighted by Gasteiger charge is -2.29. The summed E-state index contributed by atoms with van der Waals surface area (Å²) in [5, 5.41) is 8.81. The molecule has 3 heteroatoms. The summed E-state index contributed by atoms with van der Waals surface area (Å²) in [5.74, 6) is 0.845. The van der Waals surface area contributed by atoms with Crippen molar-refractivity contribution in [2.24, 2.45) is 0 Å². The van der Waals surface area contributed by atoms with Crippen molar-refractivity contribution >= 4 is 0 Å². The number of fused-ring (bicyclic) bond motifs is 3. The number of ether oxygens (including phenoxy) is 2. The minimum absolute atomic E-state index is 0.122. The SMILES string of the molecule is CC1(C)Oc2ccc(C#N)cc2[C@@H]2O[C@H]21. The maximum absolute atomic E-state index is 8.81. The van der Waals surface area contributed by atoms with Gasteiger partial charge in [-0.1, -0.05) is 0 Å². The molecule has 1 fully saturated rings. The minimum Gasteiger partial charge on any atom is -0.485 e. The third-order valence-electron chi connectivity index (χ3n) is 3.00. The molecule has 1 saturated heterocycles. The van der Waals surface area contributed by atoms with Crippen LogP contribution >= 0.6 is 0 Å². The molecule has 1 aromatic carbocycles. The van der Waals surface area contributed by atoms with E-state index in [4.69, 9.17) is 14.7 Å². The van der Waals surface area contributed by atoms with Gasteiger partial charge in [0, 0.05) is 5.56 Å². The maximum Gasteiger partial charge on any atom is 0.132 e. The van der Waals surface area contributed by atoms with Crippen molar-refractivity contribution in [1.29, 1.82) is 5.26 Å². The Hall–Kier alpha value is -1.53. The van der Waals surface area contributed by atoms with Gasteiger partial charge in [0.05, 0.1) is 11.6 Å². The van der Waals surface area contributed by atoms with E-state index >= 15 is 0 Å². The predicted octanol–water partition coefficient (Wildman–Crippen LogP) is 2.17. The fourth-order valence-corrected chi connectivity index (χ4v) is 2.15. The first-order chi connectivity index (χ1) is 7.12. The normalized spacial score (nSPS) is 29.4. The molecule has 0 radical (unpaired) electrons. The van der Waals surface area contributed by atoms with Crippen molar-refractivity contribution < 1.29 is 9.47 Å². The highest BCUT2D eigenvalue weighted by atomic mass is 16.6. The molecule has 0 spiro atoms. The van der Waals surface area contributed by atoms with Gasteiger partial charge in [-0.2, -0.15) is 5.26 Å². The Balaban J connectivity index is 2.10. The summed E-state index contributed by atoms with van der Waals surface area (Å²) >= 11 is 0. The number of hydrogen-bond donors (Lipinski definition) is 0. The zero-order valence-corrected chi connectivity index (χ0v) is 8.65. The second-order valence-corrected chi connectivity index (χ2v) is 4.55. The number of benzene rings is 1. The van der Waals surface area contributed by atoms with Crippen LogP contribution < -0.4 is 4.74 Å². The lowest BCUT2D eigenvalue weighted by molar-refractivity contribution is 0.0725. The second-order valence-electron chi connectivity index (χ2n) is 4.55. The molecule has 0 bridgehead atoms. The average molecular weight is 201 g/mol. The molecule has 0 saturated carbocycles. The van der Waals surface area contributed by atoms with Gasteiger partial charge < -0.3 is 9.47 Å². The first-order valence-corrected chi connectivity index (χ1v) is 5.00. The van der Waals surface area contributed by atoms with Crippen molar-refractivity contribution in [1.82, 2.24) is 0 Å². The van der Waals surface area contributed by atoms with Crippen LogP contribution in [0.2, 0.25) is 0 Å². The smallest absolute Gasteiger partial charge is 0.132 e. The molecule has 15 heavy (non-hydrogen) atoms. The summed E-state index contributed by atoms with van der Waals surface area (Å²) in [5.41, 5.74) is 1.41. The quantitative estimate of drug-likeness (QED) is 0.604. The van der Waals surface area contributed by atoms with E-state index in [1.807, 2.05) is 26.0 Å². The molecule has 0 N–H and O–H groups in total. The summed E-state index contributed by atoms with van der Waals surface area (Å²) in [6.45, 7) is 4.05. The Bertz CT molecular complexity index is 473. The molecule has 3 nitrogen and oxygen atoms in total. The highest BCUT2D eigenvalue weighted by Gasteiger charge is 2.56. The summed E-state index contributed by atoms with van der Waals surface area (Å²) in [7, 11) is 0. The van der Waals surface area contributed by atoms with Gasteiger partial charge in [0.25, 0.3) is 0 Å². The van der Waals surface area contributed by atoms with Crippen LogP contribution in [-0.2, 0) is 4.74 Å². The van der Waals surface area contributed by atoms with Gasteiger partial charge in [0.1, 0.15) is 23.6 Å². The largest absolute Gasteiger partial charge is 0.485 e. The molecular formula is C12H11NO2. The van der Waals surface area contributed by atoms with Crippen LogP contribution in [0.4, 0.5) is 0 Å². The lowest BCUT2D eigenvalue weighted by Crippen LogP contribution is -2.37. The topological polar surface area (TPSA) is 45.5 Å². The minimum atomic E-state index is -0.258. The first kappa shape index (κ1) is 8.75. The Morgan fingerprint density at radius 3 is 2.93 bits per heavy atom. The molecular weight excluding hydrogens is 190 g/mol. The lowest BCUT2D eigenvalue weighted by atomic mass is 9.93. The van der Waals surface area contributed by atoms with Gasteiger partial charge in [-0.05, 0) is 32.0 Å². The van der Waals surface area contributed by atoms with Gasteiger partial charge in [0.2, 0.25) is 0 Å². The van der Waals surface area contributed by atoms with Crippen LogP contribution in [0.1, 0.15) is 31.1 Å². The van der Waals surface area contributed by atoms with Gasteiger partial charge in [-0.15, -0.1) is 0 Å². The van der Waals surface area contributed by atoms with Crippen molar-refractivity contribution in [2.45, 2.75) is 31.7 Å². The van der Waals surface area contributed by atoms with E-state index in [0.717, 1.165) is 11.3 Å². The third-order valence-corrected chi connectivity index (χ3v) is 3.00. The zero-order valence-electron chi connectivity index (χ0n) is 8.65. The zero-order chi connectivity index (χ0) is 10.6. The highest BCUT2D eigenvalue weighted by Crippen LogP contribution is 2.53. The third kappa shape index (κ3) is 1.15. The number of nitrogens with zero attached hydrogens (tertiary/aromatic N) is 1. The Morgan fingerprint density at radius 1 is 1.40 bits per heavy atom. The Labute approximate surface area is 88.2 Å². The Morgan fingerprint density at radius 2 is 2.20 bits per heavy atom. The summed E-state index contributed by atoms with van der Waals surface area (Å²) in [4.78, 5) is 0. The molecule has 0 unspecified atom stereocenters. The fourth-order valence-electron chi connectivity index (χ4n) is 2.15. The van der Waals surface area contributed by atoms with Crippen LogP contribution in [0, 0.1) is 11.3 Å². The van der Waals surface area contributed by atoms with E-state index in [9.17, 15) is 0 Å². The van der Waals surface area contributed by atoms with E-state index in [0.29, 0.717) is 5.56 Å². The van der Waals surface area contributed by atoms with Crippen LogP contribution in [0.25, 0.3) is 0 Å². The van der Waals surface area contributed by atoms with Gasteiger partial charge in [-0.25, -0.2) is 0 Å². The Kier molecular flexibility index (Phi) is 1.48. The molecule has 1 aromatic rings. The van der Waals surface area contributed by atoms with Crippen LogP contribution in [0.5, 0.6) is 5.75 Å². The molecule has 2 aliphatic heterocycles. The number of nitriles is 1. The van der Waals surface area contributed by atoms with Crippen molar-refractivity contribution in [3.05, 3.63) is 29.3 Å². The average Bonchev–Trinajstić information content (AvgIpc) is 2.97. The van der Waals surface area contributed by atoms with Gasteiger partial charge >= 0.3 is 0 Å².